The van der Waals surface area contributed by atoms with Gasteiger partial charge in [-0.1, -0.05) is 31.5 Å². The van der Waals surface area contributed by atoms with E-state index in [0.29, 0.717) is 5.02 Å². The molecule has 1 N–H and O–H groups in total. The summed E-state index contributed by atoms with van der Waals surface area (Å²) in [7, 11) is 0. The van der Waals surface area contributed by atoms with Crippen LogP contribution in [0.2, 0.25) is 5.02 Å². The zero-order chi connectivity index (χ0) is 11.1. The Labute approximate surface area is 94.6 Å². The number of hydrogen-bond donors (Lipinski definition) is 1. The number of carbonyl (C=O) groups excluding carboxylic acids is 1. The summed E-state index contributed by atoms with van der Waals surface area (Å²) < 4.78 is 0. The average Bonchev–Trinajstić information content (AvgIpc) is 2.49. The van der Waals surface area contributed by atoms with E-state index in [1.165, 1.54) is 0 Å². The first kappa shape index (κ1) is 10.5. The molecule has 0 aromatic heterocycles. The van der Waals surface area contributed by atoms with Gasteiger partial charge >= 0.3 is 0 Å². The molecule has 0 aliphatic carbocycles. The van der Waals surface area contributed by atoms with Crippen LogP contribution in [0.15, 0.2) is 18.2 Å². The van der Waals surface area contributed by atoms with Crippen molar-refractivity contribution in [1.82, 2.24) is 0 Å². The molecule has 1 amide bonds. The van der Waals surface area contributed by atoms with E-state index in [2.05, 4.69) is 5.32 Å². The molecule has 2 rings (SSSR count). The second-order valence-electron chi connectivity index (χ2n) is 3.93. The highest BCUT2D eigenvalue weighted by Gasteiger charge is 2.43. The molecule has 0 spiro atoms. The number of carbonyl (C=O) groups is 1. The standard InChI is InChI=1S/C12H14ClNO/c1-3-12(4-2)9-6-5-8(13)7-10(9)14-11(12)15/h5-7H,3-4H2,1-2H3,(H,14,15). The predicted octanol–water partition coefficient (Wildman–Crippen LogP) is 3.35. The molecule has 0 unspecified atom stereocenters. The van der Waals surface area contributed by atoms with Crippen molar-refractivity contribution in [1.29, 1.82) is 0 Å². The van der Waals surface area contributed by atoms with E-state index in [-0.39, 0.29) is 11.3 Å². The Morgan fingerprint density at radius 2 is 2.00 bits per heavy atom. The van der Waals surface area contributed by atoms with Crippen LogP contribution in [0, 0.1) is 0 Å². The molecule has 1 aliphatic rings. The predicted molar refractivity (Wildman–Crippen MR) is 62.3 cm³/mol. The van der Waals surface area contributed by atoms with Crippen LogP contribution in [0.3, 0.4) is 0 Å². The molecule has 0 atom stereocenters. The Morgan fingerprint density at radius 1 is 1.33 bits per heavy atom. The summed E-state index contributed by atoms with van der Waals surface area (Å²) in [5, 5.41) is 3.57. The molecule has 1 aromatic rings. The van der Waals surface area contributed by atoms with Gasteiger partial charge in [-0.05, 0) is 30.5 Å². The smallest absolute Gasteiger partial charge is 0.235 e. The minimum absolute atomic E-state index is 0.102. The van der Waals surface area contributed by atoms with Crippen LogP contribution in [0.25, 0.3) is 0 Å². The lowest BCUT2D eigenvalue weighted by atomic mass is 9.77. The molecule has 2 nitrogen and oxygen atoms in total. The highest BCUT2D eigenvalue weighted by atomic mass is 35.5. The summed E-state index contributed by atoms with van der Waals surface area (Å²) >= 11 is 5.90. The van der Waals surface area contributed by atoms with Crippen molar-refractivity contribution in [2.75, 3.05) is 5.32 Å². The number of fused-ring (bicyclic) bond motifs is 1. The number of amides is 1. The molecule has 80 valence electrons. The fourth-order valence-corrected chi connectivity index (χ4v) is 2.53. The van der Waals surface area contributed by atoms with E-state index in [1.54, 1.807) is 0 Å². The van der Waals surface area contributed by atoms with E-state index in [4.69, 9.17) is 11.6 Å². The Balaban J connectivity index is 2.59. The zero-order valence-corrected chi connectivity index (χ0v) is 9.69. The molecule has 1 heterocycles. The average molecular weight is 224 g/mol. The largest absolute Gasteiger partial charge is 0.325 e. The van der Waals surface area contributed by atoms with Gasteiger partial charge in [0.2, 0.25) is 5.91 Å². The quantitative estimate of drug-likeness (QED) is 0.819. The number of rotatable bonds is 2. The van der Waals surface area contributed by atoms with Crippen molar-refractivity contribution < 1.29 is 4.79 Å². The normalized spacial score (nSPS) is 17.4. The number of hydrogen-bond acceptors (Lipinski definition) is 1. The Kier molecular flexibility index (Phi) is 2.47. The van der Waals surface area contributed by atoms with Crippen LogP contribution in [0.1, 0.15) is 32.3 Å². The van der Waals surface area contributed by atoms with Crippen molar-refractivity contribution in [3.05, 3.63) is 28.8 Å². The molecule has 15 heavy (non-hydrogen) atoms. The van der Waals surface area contributed by atoms with Crippen LogP contribution in [0.5, 0.6) is 0 Å². The van der Waals surface area contributed by atoms with Gasteiger partial charge in [-0.15, -0.1) is 0 Å². The molecular weight excluding hydrogens is 210 g/mol. The fraction of sp³-hybridized carbons (Fsp3) is 0.417. The van der Waals surface area contributed by atoms with Crippen LogP contribution in [0.4, 0.5) is 5.69 Å². The lowest BCUT2D eigenvalue weighted by molar-refractivity contribution is -0.121. The van der Waals surface area contributed by atoms with Crippen molar-refractivity contribution in [2.24, 2.45) is 0 Å². The highest BCUT2D eigenvalue weighted by molar-refractivity contribution is 6.31. The lowest BCUT2D eigenvalue weighted by Crippen LogP contribution is -2.32. The van der Waals surface area contributed by atoms with Gasteiger partial charge in [0.15, 0.2) is 0 Å². The number of halogens is 1. The summed E-state index contributed by atoms with van der Waals surface area (Å²) in [6.45, 7) is 4.10. The van der Waals surface area contributed by atoms with Gasteiger partial charge < -0.3 is 5.32 Å². The maximum atomic E-state index is 12.0. The minimum atomic E-state index is -0.347. The van der Waals surface area contributed by atoms with Crippen molar-refractivity contribution in [3.63, 3.8) is 0 Å². The van der Waals surface area contributed by atoms with Crippen LogP contribution in [-0.4, -0.2) is 5.91 Å². The second kappa shape index (κ2) is 3.53. The molecule has 3 heteroatoms. The van der Waals surface area contributed by atoms with Gasteiger partial charge in [0, 0.05) is 10.7 Å². The lowest BCUT2D eigenvalue weighted by Gasteiger charge is -2.23. The number of nitrogens with one attached hydrogen (secondary N) is 1. The number of benzene rings is 1. The van der Waals surface area contributed by atoms with Crippen LogP contribution in [-0.2, 0) is 10.2 Å². The maximum absolute atomic E-state index is 12.0. The van der Waals surface area contributed by atoms with E-state index in [0.717, 1.165) is 24.1 Å². The van der Waals surface area contributed by atoms with E-state index in [1.807, 2.05) is 32.0 Å². The van der Waals surface area contributed by atoms with Crippen LogP contribution >= 0.6 is 11.6 Å². The van der Waals surface area contributed by atoms with E-state index >= 15 is 0 Å². The minimum Gasteiger partial charge on any atom is -0.325 e. The SMILES string of the molecule is CCC1(CC)C(=O)Nc2cc(Cl)ccc21. The van der Waals surface area contributed by atoms with Gasteiger partial charge in [-0.2, -0.15) is 0 Å². The second-order valence-corrected chi connectivity index (χ2v) is 4.37. The van der Waals surface area contributed by atoms with Gasteiger partial charge in [-0.3, -0.25) is 4.79 Å². The molecule has 1 aliphatic heterocycles. The first-order valence-electron chi connectivity index (χ1n) is 5.25. The van der Waals surface area contributed by atoms with Gasteiger partial charge in [0.05, 0.1) is 5.41 Å². The first-order chi connectivity index (χ1) is 7.14. The monoisotopic (exact) mass is 223 g/mol. The van der Waals surface area contributed by atoms with Gasteiger partial charge in [-0.25, -0.2) is 0 Å². The first-order valence-corrected chi connectivity index (χ1v) is 5.63. The third-order valence-electron chi connectivity index (χ3n) is 3.39. The molecule has 0 fully saturated rings. The molecule has 0 radical (unpaired) electrons. The molecule has 0 saturated carbocycles. The van der Waals surface area contributed by atoms with Crippen molar-refractivity contribution in [3.8, 4) is 0 Å². The molecular formula is C12H14ClNO. The summed E-state index contributed by atoms with van der Waals surface area (Å²) in [6.07, 6.45) is 1.65. The van der Waals surface area contributed by atoms with Crippen molar-refractivity contribution >= 4 is 23.2 Å². The highest BCUT2D eigenvalue weighted by Crippen LogP contribution is 2.43. The van der Waals surface area contributed by atoms with Gasteiger partial charge in [0.1, 0.15) is 0 Å². The van der Waals surface area contributed by atoms with E-state index < -0.39 is 0 Å². The molecule has 0 bridgehead atoms. The summed E-state index contributed by atoms with van der Waals surface area (Å²) in [5.74, 6) is 0.102. The fourth-order valence-electron chi connectivity index (χ4n) is 2.35. The third kappa shape index (κ3) is 1.36. The molecule has 1 aromatic carbocycles. The Bertz CT molecular complexity index is 410. The van der Waals surface area contributed by atoms with Crippen molar-refractivity contribution in [2.45, 2.75) is 32.1 Å². The maximum Gasteiger partial charge on any atom is 0.235 e. The summed E-state index contributed by atoms with van der Waals surface area (Å²) in [6, 6.07) is 5.63. The summed E-state index contributed by atoms with van der Waals surface area (Å²) in [4.78, 5) is 12.0. The summed E-state index contributed by atoms with van der Waals surface area (Å²) in [5.41, 5.74) is 1.61. The number of anilines is 1. The van der Waals surface area contributed by atoms with Crippen LogP contribution < -0.4 is 5.32 Å². The Morgan fingerprint density at radius 3 is 2.60 bits per heavy atom. The molecule has 0 saturated heterocycles. The zero-order valence-electron chi connectivity index (χ0n) is 8.93. The topological polar surface area (TPSA) is 29.1 Å². The van der Waals surface area contributed by atoms with E-state index in [9.17, 15) is 4.79 Å². The Hall–Kier alpha value is -1.02. The third-order valence-corrected chi connectivity index (χ3v) is 3.62. The van der Waals surface area contributed by atoms with Gasteiger partial charge in [0.25, 0.3) is 0 Å².